The number of hydrogen-bond acceptors (Lipinski definition) is 3. The third-order valence-electron chi connectivity index (χ3n) is 4.55. The maximum Gasteiger partial charge on any atom is 0.269 e. The van der Waals surface area contributed by atoms with Crippen LogP contribution in [0.15, 0.2) is 24.3 Å². The number of carbonyl (C=O) groups is 1. The van der Waals surface area contributed by atoms with E-state index in [0.29, 0.717) is 12.2 Å². The van der Waals surface area contributed by atoms with Crippen molar-refractivity contribution in [3.8, 4) is 0 Å². The highest BCUT2D eigenvalue weighted by Gasteiger charge is 2.22. The minimum absolute atomic E-state index is 0.109. The van der Waals surface area contributed by atoms with Crippen LogP contribution in [0.25, 0.3) is 0 Å². The van der Waals surface area contributed by atoms with Gasteiger partial charge in [-0.1, -0.05) is 6.07 Å². The van der Waals surface area contributed by atoms with E-state index in [-0.39, 0.29) is 11.9 Å². The molecule has 3 rings (SSSR count). The molecule has 1 saturated heterocycles. The van der Waals surface area contributed by atoms with Crippen molar-refractivity contribution < 1.29 is 13.6 Å². The lowest BCUT2D eigenvalue weighted by Gasteiger charge is -2.32. The summed E-state index contributed by atoms with van der Waals surface area (Å²) in [5.41, 5.74) is 2.13. The molecule has 1 aliphatic rings. The number of carbonyl (C=O) groups excluding carboxylic acids is 1. The van der Waals surface area contributed by atoms with Gasteiger partial charge >= 0.3 is 0 Å². The summed E-state index contributed by atoms with van der Waals surface area (Å²) in [5.74, 6) is -1.75. The van der Waals surface area contributed by atoms with Gasteiger partial charge in [0.25, 0.3) is 5.91 Å². The van der Waals surface area contributed by atoms with Gasteiger partial charge in [-0.3, -0.25) is 14.4 Å². The van der Waals surface area contributed by atoms with Crippen molar-refractivity contribution in [3.05, 3.63) is 52.9 Å². The number of aromatic nitrogens is 2. The van der Waals surface area contributed by atoms with Crippen molar-refractivity contribution in [1.29, 1.82) is 0 Å². The summed E-state index contributed by atoms with van der Waals surface area (Å²) in [6.07, 6.45) is 1.65. The number of hydrogen-bond donors (Lipinski definition) is 1. The number of nitrogens with one attached hydrogen (secondary N) is 1. The molecule has 2 heterocycles. The first-order valence-electron chi connectivity index (χ1n) is 8.40. The number of halogens is 2. The fourth-order valence-electron chi connectivity index (χ4n) is 3.21. The third-order valence-corrected chi connectivity index (χ3v) is 4.55. The molecule has 1 amide bonds. The molecule has 0 spiro atoms. The minimum atomic E-state index is -0.824. The third kappa shape index (κ3) is 4.22. The molecule has 0 radical (unpaired) electrons. The van der Waals surface area contributed by atoms with E-state index in [1.807, 2.05) is 6.92 Å². The number of benzene rings is 1. The Morgan fingerprint density at radius 1 is 1.24 bits per heavy atom. The van der Waals surface area contributed by atoms with E-state index in [1.54, 1.807) is 23.9 Å². The summed E-state index contributed by atoms with van der Waals surface area (Å²) in [6, 6.07) is 5.90. The Morgan fingerprint density at radius 3 is 2.56 bits per heavy atom. The Hall–Kier alpha value is -2.28. The molecule has 0 aliphatic carbocycles. The zero-order valence-corrected chi connectivity index (χ0v) is 14.4. The maximum absolute atomic E-state index is 13.3. The first-order chi connectivity index (χ1) is 11.9. The molecular weight excluding hydrogens is 326 g/mol. The zero-order valence-electron chi connectivity index (χ0n) is 14.4. The van der Waals surface area contributed by atoms with Gasteiger partial charge in [-0.2, -0.15) is 5.10 Å². The molecule has 7 heteroatoms. The fourth-order valence-corrected chi connectivity index (χ4v) is 3.21. The lowest BCUT2D eigenvalue weighted by atomic mass is 10.0. The summed E-state index contributed by atoms with van der Waals surface area (Å²) in [7, 11) is 1.76. The van der Waals surface area contributed by atoms with Gasteiger partial charge in [0.2, 0.25) is 0 Å². The summed E-state index contributed by atoms with van der Waals surface area (Å²) < 4.78 is 27.9. The summed E-state index contributed by atoms with van der Waals surface area (Å²) in [6.45, 7) is 4.04. The van der Waals surface area contributed by atoms with E-state index in [2.05, 4.69) is 15.3 Å². The summed E-state index contributed by atoms with van der Waals surface area (Å²) in [5, 5.41) is 7.24. The second-order valence-corrected chi connectivity index (χ2v) is 6.57. The molecule has 2 aromatic rings. The van der Waals surface area contributed by atoms with E-state index < -0.39 is 11.6 Å². The van der Waals surface area contributed by atoms with Crippen LogP contribution in [0, 0.1) is 18.6 Å². The quantitative estimate of drug-likeness (QED) is 0.923. The average Bonchev–Trinajstić information content (AvgIpc) is 2.91. The lowest BCUT2D eigenvalue weighted by molar-refractivity contribution is 0.0899. The normalized spacial score (nSPS) is 16.2. The molecule has 0 unspecified atom stereocenters. The highest BCUT2D eigenvalue weighted by atomic mass is 19.2. The number of likely N-dealkylation sites (tertiary alicyclic amines) is 1. The molecule has 1 aromatic carbocycles. The molecule has 1 fully saturated rings. The van der Waals surface area contributed by atoms with E-state index in [1.165, 1.54) is 6.07 Å². The van der Waals surface area contributed by atoms with Crippen LogP contribution in [0.4, 0.5) is 8.78 Å². The van der Waals surface area contributed by atoms with Crippen molar-refractivity contribution in [2.45, 2.75) is 32.4 Å². The first-order valence-corrected chi connectivity index (χ1v) is 8.40. The fraction of sp³-hybridized carbons (Fsp3) is 0.444. The Morgan fingerprint density at radius 2 is 1.96 bits per heavy atom. The molecule has 25 heavy (non-hydrogen) atoms. The topological polar surface area (TPSA) is 50.2 Å². The smallest absolute Gasteiger partial charge is 0.269 e. The second-order valence-electron chi connectivity index (χ2n) is 6.57. The lowest BCUT2D eigenvalue weighted by Crippen LogP contribution is -2.44. The van der Waals surface area contributed by atoms with E-state index in [9.17, 15) is 13.6 Å². The van der Waals surface area contributed by atoms with Gasteiger partial charge in [-0.05, 0) is 43.5 Å². The number of rotatable bonds is 4. The molecule has 1 aromatic heterocycles. The van der Waals surface area contributed by atoms with Gasteiger partial charge in [-0.25, -0.2) is 8.78 Å². The van der Waals surface area contributed by atoms with Crippen molar-refractivity contribution in [2.24, 2.45) is 7.05 Å². The van der Waals surface area contributed by atoms with Crippen molar-refractivity contribution in [2.75, 3.05) is 13.1 Å². The van der Waals surface area contributed by atoms with Gasteiger partial charge < -0.3 is 5.32 Å². The Balaban J connectivity index is 1.50. The van der Waals surface area contributed by atoms with E-state index in [0.717, 1.165) is 43.3 Å². The highest BCUT2D eigenvalue weighted by molar-refractivity contribution is 5.92. The predicted molar refractivity (Wildman–Crippen MR) is 90.1 cm³/mol. The molecule has 0 atom stereocenters. The number of nitrogens with zero attached hydrogens (tertiary/aromatic N) is 3. The highest BCUT2D eigenvalue weighted by Crippen LogP contribution is 2.16. The molecule has 1 N–H and O–H groups in total. The van der Waals surface area contributed by atoms with Crippen LogP contribution < -0.4 is 5.32 Å². The van der Waals surface area contributed by atoms with Crippen LogP contribution in [-0.2, 0) is 13.6 Å². The molecule has 0 bridgehead atoms. The van der Waals surface area contributed by atoms with Crippen LogP contribution in [0.3, 0.4) is 0 Å². The second kappa shape index (κ2) is 7.31. The van der Waals surface area contributed by atoms with Crippen molar-refractivity contribution in [1.82, 2.24) is 20.0 Å². The van der Waals surface area contributed by atoms with Crippen LogP contribution in [0.5, 0.6) is 0 Å². The number of aryl methyl sites for hydroxylation is 2. The Kier molecular flexibility index (Phi) is 5.13. The maximum atomic E-state index is 13.3. The van der Waals surface area contributed by atoms with Crippen LogP contribution in [-0.4, -0.2) is 39.7 Å². The zero-order chi connectivity index (χ0) is 18.0. The van der Waals surface area contributed by atoms with Crippen molar-refractivity contribution >= 4 is 5.91 Å². The number of piperidine rings is 1. The number of amides is 1. The molecule has 0 saturated carbocycles. The Bertz CT molecular complexity index is 766. The van der Waals surface area contributed by atoms with Gasteiger partial charge in [0, 0.05) is 32.7 Å². The molecule has 134 valence electrons. The van der Waals surface area contributed by atoms with Crippen molar-refractivity contribution in [3.63, 3.8) is 0 Å². The van der Waals surface area contributed by atoms with Gasteiger partial charge in [0.1, 0.15) is 5.69 Å². The Labute approximate surface area is 145 Å². The van der Waals surface area contributed by atoms with E-state index >= 15 is 0 Å². The van der Waals surface area contributed by atoms with Gasteiger partial charge in [0.05, 0.1) is 5.69 Å². The van der Waals surface area contributed by atoms with Crippen LogP contribution in [0.1, 0.15) is 34.6 Å². The minimum Gasteiger partial charge on any atom is -0.348 e. The monoisotopic (exact) mass is 348 g/mol. The summed E-state index contributed by atoms with van der Waals surface area (Å²) in [4.78, 5) is 14.5. The average molecular weight is 348 g/mol. The first kappa shape index (κ1) is 17.5. The van der Waals surface area contributed by atoms with Crippen LogP contribution >= 0.6 is 0 Å². The SMILES string of the molecule is Cc1cc(C(=O)NC2CCN(Cc3ccc(F)c(F)c3)CC2)n(C)n1. The molecule has 1 aliphatic heterocycles. The van der Waals surface area contributed by atoms with Gasteiger partial charge in [-0.15, -0.1) is 0 Å². The standard InChI is InChI=1S/C18H22F2N4O/c1-12-9-17(23(2)22-12)18(25)21-14-5-7-24(8-6-14)11-13-3-4-15(19)16(20)10-13/h3-4,9-10,14H,5-8,11H2,1-2H3,(H,21,25). The van der Waals surface area contributed by atoms with Crippen LogP contribution in [0.2, 0.25) is 0 Å². The summed E-state index contributed by atoms with van der Waals surface area (Å²) >= 11 is 0. The van der Waals surface area contributed by atoms with E-state index in [4.69, 9.17) is 0 Å². The molecule has 5 nitrogen and oxygen atoms in total. The predicted octanol–water partition coefficient (Wildman–Crippen LogP) is 2.40. The van der Waals surface area contributed by atoms with Gasteiger partial charge in [0.15, 0.2) is 11.6 Å². The molecular formula is C18H22F2N4O. The largest absolute Gasteiger partial charge is 0.348 e.